The fourth-order valence-electron chi connectivity index (χ4n) is 3.09. The molecular formula is C18H22N4O3. The second-order valence-electron chi connectivity index (χ2n) is 6.33. The Labute approximate surface area is 146 Å². The Hall–Kier alpha value is -2.83. The van der Waals surface area contributed by atoms with Crippen molar-refractivity contribution in [2.75, 3.05) is 13.7 Å². The third-order valence-corrected chi connectivity index (χ3v) is 4.69. The van der Waals surface area contributed by atoms with Gasteiger partial charge < -0.3 is 15.4 Å². The van der Waals surface area contributed by atoms with Gasteiger partial charge in [-0.3, -0.25) is 9.59 Å². The summed E-state index contributed by atoms with van der Waals surface area (Å²) in [5.41, 5.74) is 6.60. The van der Waals surface area contributed by atoms with Crippen LogP contribution in [0.2, 0.25) is 0 Å². The van der Waals surface area contributed by atoms with E-state index in [9.17, 15) is 9.59 Å². The minimum absolute atomic E-state index is 0.0641. The number of hydrogen-bond acceptors (Lipinski definition) is 4. The van der Waals surface area contributed by atoms with Gasteiger partial charge in [-0.2, -0.15) is 5.10 Å². The van der Waals surface area contributed by atoms with Gasteiger partial charge in [-0.1, -0.05) is 0 Å². The molecule has 0 unspecified atom stereocenters. The maximum absolute atomic E-state index is 12.8. The summed E-state index contributed by atoms with van der Waals surface area (Å²) < 4.78 is 6.79. The highest BCUT2D eigenvalue weighted by atomic mass is 16.5. The van der Waals surface area contributed by atoms with Gasteiger partial charge in [-0.15, -0.1) is 0 Å². The lowest BCUT2D eigenvalue weighted by atomic mass is 9.92. The Morgan fingerprint density at radius 2 is 1.92 bits per heavy atom. The molecule has 0 spiro atoms. The van der Waals surface area contributed by atoms with E-state index >= 15 is 0 Å². The Kier molecular flexibility index (Phi) is 4.74. The van der Waals surface area contributed by atoms with E-state index in [0.717, 1.165) is 24.3 Å². The van der Waals surface area contributed by atoms with Crippen molar-refractivity contribution in [2.24, 2.45) is 11.7 Å². The zero-order chi connectivity index (χ0) is 18.0. The number of rotatable bonds is 4. The maximum Gasteiger partial charge on any atom is 0.274 e. The van der Waals surface area contributed by atoms with Crippen molar-refractivity contribution in [3.8, 4) is 11.4 Å². The quantitative estimate of drug-likeness (QED) is 0.914. The molecule has 1 aromatic heterocycles. The monoisotopic (exact) mass is 342 g/mol. The van der Waals surface area contributed by atoms with Crippen LogP contribution in [-0.4, -0.2) is 46.2 Å². The van der Waals surface area contributed by atoms with E-state index in [4.69, 9.17) is 10.5 Å². The number of amides is 2. The van der Waals surface area contributed by atoms with Gasteiger partial charge in [-0.05, 0) is 50.1 Å². The molecule has 2 aromatic rings. The molecule has 1 aromatic carbocycles. The third kappa shape index (κ3) is 3.50. The highest BCUT2D eigenvalue weighted by Gasteiger charge is 2.32. The lowest BCUT2D eigenvalue weighted by Crippen LogP contribution is -2.48. The number of carbonyl (C=O) groups excluding carboxylic acids is 2. The summed E-state index contributed by atoms with van der Waals surface area (Å²) in [5.74, 6) is -0.0603. The van der Waals surface area contributed by atoms with Crippen molar-refractivity contribution in [1.82, 2.24) is 14.7 Å². The average Bonchev–Trinajstić information content (AvgIpc) is 3.11. The number of ether oxygens (including phenoxy) is 1. The van der Waals surface area contributed by atoms with Crippen molar-refractivity contribution in [1.29, 1.82) is 0 Å². The number of carbonyl (C=O) groups is 2. The molecule has 25 heavy (non-hydrogen) atoms. The second kappa shape index (κ2) is 6.96. The topological polar surface area (TPSA) is 90.5 Å². The number of piperidine rings is 1. The van der Waals surface area contributed by atoms with Gasteiger partial charge in [0.25, 0.3) is 5.91 Å². The van der Waals surface area contributed by atoms with E-state index < -0.39 is 0 Å². The standard InChI is InChI=1S/C18H22N4O3/c1-12-3-4-13(17(19)23)11-21(12)18(24)16-9-10-22(20-16)14-5-7-15(25-2)8-6-14/h5-10,12-13H,3-4,11H2,1-2H3,(H2,19,23)/t12-,13+/m0/s1. The van der Waals surface area contributed by atoms with Crippen molar-refractivity contribution < 1.29 is 14.3 Å². The molecule has 7 heteroatoms. The molecule has 2 heterocycles. The number of methoxy groups -OCH3 is 1. The average molecular weight is 342 g/mol. The fraction of sp³-hybridized carbons (Fsp3) is 0.389. The predicted octanol–water partition coefficient (Wildman–Crippen LogP) is 1.61. The molecule has 1 aliphatic heterocycles. The molecule has 1 fully saturated rings. The van der Waals surface area contributed by atoms with E-state index in [1.54, 1.807) is 29.0 Å². The summed E-state index contributed by atoms with van der Waals surface area (Å²) in [6.45, 7) is 2.33. The van der Waals surface area contributed by atoms with Crippen LogP contribution in [-0.2, 0) is 4.79 Å². The number of likely N-dealkylation sites (tertiary alicyclic amines) is 1. The molecule has 2 N–H and O–H groups in total. The number of hydrogen-bond donors (Lipinski definition) is 1. The molecule has 0 saturated carbocycles. The summed E-state index contributed by atoms with van der Waals surface area (Å²) in [6, 6.07) is 9.16. The molecule has 2 atom stereocenters. The SMILES string of the molecule is COc1ccc(-n2ccc(C(=O)N3C[C@H](C(N)=O)CC[C@@H]3C)n2)cc1. The minimum atomic E-state index is -0.353. The molecule has 0 radical (unpaired) electrons. The van der Waals surface area contributed by atoms with E-state index in [1.165, 1.54) is 0 Å². The van der Waals surface area contributed by atoms with Crippen LogP contribution in [0.1, 0.15) is 30.3 Å². The van der Waals surface area contributed by atoms with Crippen LogP contribution in [0.3, 0.4) is 0 Å². The second-order valence-corrected chi connectivity index (χ2v) is 6.33. The normalized spacial score (nSPS) is 20.3. The molecule has 3 rings (SSSR count). The van der Waals surface area contributed by atoms with Gasteiger partial charge in [0.05, 0.1) is 18.7 Å². The largest absolute Gasteiger partial charge is 0.497 e. The number of aromatic nitrogens is 2. The third-order valence-electron chi connectivity index (χ3n) is 4.69. The highest BCUT2D eigenvalue weighted by molar-refractivity contribution is 5.93. The Morgan fingerprint density at radius 1 is 1.20 bits per heavy atom. The van der Waals surface area contributed by atoms with Gasteiger partial charge in [-0.25, -0.2) is 4.68 Å². The molecule has 0 aliphatic carbocycles. The van der Waals surface area contributed by atoms with Gasteiger partial charge in [0, 0.05) is 18.8 Å². The highest BCUT2D eigenvalue weighted by Crippen LogP contribution is 2.23. The van der Waals surface area contributed by atoms with Crippen molar-refractivity contribution in [3.05, 3.63) is 42.2 Å². The van der Waals surface area contributed by atoms with Crippen LogP contribution in [0, 0.1) is 5.92 Å². The van der Waals surface area contributed by atoms with Crippen LogP contribution in [0.4, 0.5) is 0 Å². The summed E-state index contributed by atoms with van der Waals surface area (Å²) in [6.07, 6.45) is 3.23. The summed E-state index contributed by atoms with van der Waals surface area (Å²) in [4.78, 5) is 26.0. The van der Waals surface area contributed by atoms with E-state index in [1.807, 2.05) is 31.2 Å². The van der Waals surface area contributed by atoms with Crippen molar-refractivity contribution >= 4 is 11.8 Å². The van der Waals surface area contributed by atoms with Crippen LogP contribution in [0.25, 0.3) is 5.69 Å². The Bertz CT molecular complexity index is 769. The van der Waals surface area contributed by atoms with Crippen LogP contribution in [0.5, 0.6) is 5.75 Å². The molecule has 7 nitrogen and oxygen atoms in total. The number of primary amides is 1. The molecule has 1 aliphatic rings. The molecule has 1 saturated heterocycles. The van der Waals surface area contributed by atoms with Crippen molar-refractivity contribution in [3.63, 3.8) is 0 Å². The zero-order valence-electron chi connectivity index (χ0n) is 14.4. The first-order valence-corrected chi connectivity index (χ1v) is 8.30. The van der Waals surface area contributed by atoms with E-state index in [2.05, 4.69) is 5.10 Å². The lowest BCUT2D eigenvalue weighted by Gasteiger charge is -2.36. The van der Waals surface area contributed by atoms with Gasteiger partial charge in [0.15, 0.2) is 5.69 Å². The predicted molar refractivity (Wildman–Crippen MR) is 92.5 cm³/mol. The molecule has 132 valence electrons. The summed E-state index contributed by atoms with van der Waals surface area (Å²) >= 11 is 0. The van der Waals surface area contributed by atoms with E-state index in [0.29, 0.717) is 12.2 Å². The lowest BCUT2D eigenvalue weighted by molar-refractivity contribution is -0.123. The number of benzene rings is 1. The van der Waals surface area contributed by atoms with E-state index in [-0.39, 0.29) is 23.8 Å². The minimum Gasteiger partial charge on any atom is -0.497 e. The van der Waals surface area contributed by atoms with Crippen LogP contribution in [0.15, 0.2) is 36.5 Å². The number of nitrogens with two attached hydrogens (primary N) is 1. The maximum atomic E-state index is 12.8. The van der Waals surface area contributed by atoms with Crippen LogP contribution < -0.4 is 10.5 Å². The fourth-order valence-corrected chi connectivity index (χ4v) is 3.09. The molecular weight excluding hydrogens is 320 g/mol. The molecule has 2 amide bonds. The Morgan fingerprint density at radius 3 is 2.56 bits per heavy atom. The summed E-state index contributed by atoms with van der Waals surface area (Å²) in [7, 11) is 1.61. The molecule has 0 bridgehead atoms. The zero-order valence-corrected chi connectivity index (χ0v) is 14.4. The first-order valence-electron chi connectivity index (χ1n) is 8.30. The van der Waals surface area contributed by atoms with Gasteiger partial charge >= 0.3 is 0 Å². The van der Waals surface area contributed by atoms with Crippen molar-refractivity contribution in [2.45, 2.75) is 25.8 Å². The smallest absolute Gasteiger partial charge is 0.274 e. The van der Waals surface area contributed by atoms with Crippen LogP contribution >= 0.6 is 0 Å². The first kappa shape index (κ1) is 17.0. The Balaban J connectivity index is 1.78. The van der Waals surface area contributed by atoms with Gasteiger partial charge in [0.2, 0.25) is 5.91 Å². The number of nitrogens with zero attached hydrogens (tertiary/aromatic N) is 3. The van der Waals surface area contributed by atoms with Gasteiger partial charge in [0.1, 0.15) is 5.75 Å². The summed E-state index contributed by atoms with van der Waals surface area (Å²) in [5, 5.41) is 4.38. The first-order chi connectivity index (χ1) is 12.0.